The van der Waals surface area contributed by atoms with Crippen molar-refractivity contribution in [3.8, 4) is 0 Å². The van der Waals surface area contributed by atoms with Gasteiger partial charge in [-0.3, -0.25) is 0 Å². The van der Waals surface area contributed by atoms with Crippen molar-refractivity contribution >= 4 is 31.4 Å². The summed E-state index contributed by atoms with van der Waals surface area (Å²) >= 11 is -1.18. The summed E-state index contributed by atoms with van der Waals surface area (Å²) in [5.41, 5.74) is 4.85. The summed E-state index contributed by atoms with van der Waals surface area (Å²) in [5, 5.41) is 0. The maximum atomic E-state index is 12.0. The standard InChI is InChI=1S/C35H49IO2/c1-6-7-19-35-20-8-9-29(35)26-14-15-31-34(4,28(26)16-22-35)21-17-30-33(2,3)27(18-23-36(30)31)24-10-12-25(13-11-24)32(37)38-5/h7,10-13,18-19,26,28-31H,6,8-9,14-17,20-23H2,1-5H3/b19-7-/t26?,28?,29-,30?,31?,34?,35?/m1/s1. The number of allylic oxidation sites excluding steroid dienone is 4. The monoisotopic (exact) mass is 628 g/mol. The van der Waals surface area contributed by atoms with E-state index in [0.29, 0.717) is 16.4 Å². The molecule has 1 aromatic rings. The summed E-state index contributed by atoms with van der Waals surface area (Å²) in [4.78, 5) is 12.0. The molecule has 3 heteroatoms. The van der Waals surface area contributed by atoms with Gasteiger partial charge in [0.2, 0.25) is 0 Å². The topological polar surface area (TPSA) is 26.3 Å². The molecule has 0 N–H and O–H groups in total. The van der Waals surface area contributed by atoms with Crippen LogP contribution in [0.4, 0.5) is 0 Å². The first-order valence-electron chi connectivity index (χ1n) is 15.4. The van der Waals surface area contributed by atoms with Crippen LogP contribution in [-0.2, 0) is 4.74 Å². The van der Waals surface area contributed by atoms with E-state index in [1.807, 2.05) is 12.1 Å². The Labute approximate surface area is 238 Å². The van der Waals surface area contributed by atoms with Crippen molar-refractivity contribution in [1.82, 2.24) is 0 Å². The molecule has 4 fully saturated rings. The summed E-state index contributed by atoms with van der Waals surface area (Å²) < 4.78 is 8.25. The molecule has 7 atom stereocenters. The second-order valence-corrected chi connectivity index (χ2v) is 20.3. The van der Waals surface area contributed by atoms with Crippen LogP contribution in [0.15, 0.2) is 42.5 Å². The van der Waals surface area contributed by atoms with Gasteiger partial charge in [-0.15, -0.1) is 0 Å². The summed E-state index contributed by atoms with van der Waals surface area (Å²) in [7, 11) is 1.46. The number of halogens is 1. The Kier molecular flexibility index (Phi) is 7.18. The molecule has 0 spiro atoms. The zero-order valence-corrected chi connectivity index (χ0v) is 26.6. The van der Waals surface area contributed by atoms with Crippen LogP contribution in [0.3, 0.4) is 0 Å². The summed E-state index contributed by atoms with van der Waals surface area (Å²) in [6.45, 7) is 10.2. The van der Waals surface area contributed by atoms with Gasteiger partial charge in [0.25, 0.3) is 0 Å². The molecule has 1 aromatic carbocycles. The van der Waals surface area contributed by atoms with E-state index < -0.39 is 19.8 Å². The predicted molar refractivity (Wildman–Crippen MR) is 168 cm³/mol. The predicted octanol–water partition coefficient (Wildman–Crippen LogP) is 9.51. The minimum absolute atomic E-state index is 0.228. The van der Waals surface area contributed by atoms with Gasteiger partial charge in [0, 0.05) is 0 Å². The third-order valence-corrected chi connectivity index (χ3v) is 21.6. The number of benzene rings is 1. The van der Waals surface area contributed by atoms with E-state index in [0.717, 1.165) is 25.6 Å². The van der Waals surface area contributed by atoms with E-state index in [2.05, 4.69) is 58.1 Å². The van der Waals surface area contributed by atoms with Gasteiger partial charge in [-0.05, 0) is 0 Å². The van der Waals surface area contributed by atoms with E-state index in [1.165, 1.54) is 86.9 Å². The van der Waals surface area contributed by atoms with Gasteiger partial charge in [-0.25, -0.2) is 0 Å². The molecule has 3 saturated carbocycles. The third kappa shape index (κ3) is 4.10. The van der Waals surface area contributed by atoms with E-state index in [-0.39, 0.29) is 11.4 Å². The zero-order valence-electron chi connectivity index (χ0n) is 24.4. The van der Waals surface area contributed by atoms with Gasteiger partial charge < -0.3 is 0 Å². The molecule has 0 bridgehead atoms. The van der Waals surface area contributed by atoms with Gasteiger partial charge in [-0.2, -0.15) is 0 Å². The number of esters is 1. The van der Waals surface area contributed by atoms with Crippen LogP contribution in [0.25, 0.3) is 5.57 Å². The molecule has 5 aliphatic rings. The van der Waals surface area contributed by atoms with Crippen molar-refractivity contribution in [2.24, 2.45) is 34.0 Å². The Morgan fingerprint density at radius 1 is 0.974 bits per heavy atom. The molecule has 1 saturated heterocycles. The fourth-order valence-corrected chi connectivity index (χ4v) is 20.7. The zero-order chi connectivity index (χ0) is 26.7. The van der Waals surface area contributed by atoms with Crippen molar-refractivity contribution in [3.63, 3.8) is 0 Å². The van der Waals surface area contributed by atoms with Crippen LogP contribution in [0.5, 0.6) is 0 Å². The van der Waals surface area contributed by atoms with Gasteiger partial charge in [0.1, 0.15) is 0 Å². The van der Waals surface area contributed by atoms with Crippen LogP contribution in [0, 0.1) is 34.0 Å². The van der Waals surface area contributed by atoms with E-state index in [4.69, 9.17) is 4.74 Å². The molecule has 3 aliphatic carbocycles. The fraction of sp³-hybridized carbons (Fsp3) is 0.686. The summed E-state index contributed by atoms with van der Waals surface area (Å²) in [6, 6.07) is 8.21. The van der Waals surface area contributed by atoms with Gasteiger partial charge in [0.05, 0.1) is 0 Å². The number of carbonyl (C=O) groups excluding carboxylic acids is 1. The van der Waals surface area contributed by atoms with Crippen molar-refractivity contribution < 1.29 is 9.53 Å². The Morgan fingerprint density at radius 3 is 2.50 bits per heavy atom. The quantitative estimate of drug-likeness (QED) is 0.144. The molecule has 38 heavy (non-hydrogen) atoms. The minimum atomic E-state index is -1.18. The SMILES string of the molecule is CC/C=C\C12CCC[C@@H]1C1CCC3I4CC=C(c5ccc(C(=O)OC)cc5)C(C)(C)C4CCC3(C)C1CC2. The normalized spacial score (nSPS) is 40.5. The second kappa shape index (κ2) is 10.1. The molecule has 6 rings (SSSR count). The molecule has 208 valence electrons. The van der Waals surface area contributed by atoms with Crippen LogP contribution in [0.1, 0.15) is 108 Å². The Bertz CT molecular complexity index is 1120. The number of ether oxygens (including phenoxy) is 1. The van der Waals surface area contributed by atoms with Gasteiger partial charge >= 0.3 is 240 Å². The van der Waals surface area contributed by atoms with E-state index in [9.17, 15) is 4.79 Å². The van der Waals surface area contributed by atoms with E-state index >= 15 is 0 Å². The molecule has 6 unspecified atom stereocenters. The molecule has 0 amide bonds. The Morgan fingerprint density at radius 2 is 1.76 bits per heavy atom. The number of rotatable bonds is 4. The van der Waals surface area contributed by atoms with Crippen LogP contribution in [0.2, 0.25) is 0 Å². The fourth-order valence-electron chi connectivity index (χ4n) is 10.2. The van der Waals surface area contributed by atoms with Crippen LogP contribution in [-0.4, -0.2) is 25.4 Å². The van der Waals surface area contributed by atoms with Crippen LogP contribution >= 0.6 is 19.8 Å². The number of carbonyl (C=O) groups is 1. The van der Waals surface area contributed by atoms with Crippen molar-refractivity contribution in [3.05, 3.63) is 53.6 Å². The van der Waals surface area contributed by atoms with Crippen LogP contribution < -0.4 is 0 Å². The number of fused-ring (bicyclic) bond motifs is 7. The molecule has 2 heterocycles. The molecular weight excluding hydrogens is 579 g/mol. The average Bonchev–Trinajstić information content (AvgIpc) is 3.35. The first-order valence-corrected chi connectivity index (χ1v) is 19.5. The number of alkyl halides is 3. The molecule has 2 aliphatic heterocycles. The third-order valence-electron chi connectivity index (χ3n) is 12.0. The summed E-state index contributed by atoms with van der Waals surface area (Å²) in [6.07, 6.45) is 22.4. The number of hydrogen-bond acceptors (Lipinski definition) is 2. The Hall–Kier alpha value is -1.10. The second-order valence-electron chi connectivity index (χ2n) is 13.9. The van der Waals surface area contributed by atoms with Gasteiger partial charge in [0.15, 0.2) is 0 Å². The molecule has 0 radical (unpaired) electrons. The molecule has 0 aromatic heterocycles. The number of hydrogen-bond donors (Lipinski definition) is 0. The first kappa shape index (κ1) is 27.1. The molecular formula is C35H49IO2. The van der Waals surface area contributed by atoms with E-state index in [1.54, 1.807) is 0 Å². The first-order chi connectivity index (χ1) is 18.2. The van der Waals surface area contributed by atoms with Gasteiger partial charge in [-0.1, -0.05) is 0 Å². The van der Waals surface area contributed by atoms with Crippen molar-refractivity contribution in [2.45, 2.75) is 99.8 Å². The average molecular weight is 629 g/mol. The molecule has 2 nitrogen and oxygen atoms in total. The van der Waals surface area contributed by atoms with Crippen molar-refractivity contribution in [1.29, 1.82) is 0 Å². The van der Waals surface area contributed by atoms with Crippen molar-refractivity contribution in [2.75, 3.05) is 11.5 Å². The number of methoxy groups -OCH3 is 1. The summed E-state index contributed by atoms with van der Waals surface area (Å²) in [5.74, 6) is 2.68. The maximum absolute atomic E-state index is 12.0. The Balaban J connectivity index is 1.26.